The maximum absolute atomic E-state index is 13.5. The summed E-state index contributed by atoms with van der Waals surface area (Å²) in [5.41, 5.74) is 7.14. The van der Waals surface area contributed by atoms with Crippen LogP contribution in [0.1, 0.15) is 59.5 Å². The Morgan fingerprint density at radius 3 is 2.63 bits per heavy atom. The number of carbonyl (C=O) groups is 2. The second-order valence-corrected chi connectivity index (χ2v) is 13.7. The number of carbonyl (C=O) groups excluding carboxylic acids is 2. The number of aromatic nitrogens is 4. The van der Waals surface area contributed by atoms with E-state index in [4.69, 9.17) is 16.6 Å². The van der Waals surface area contributed by atoms with Crippen LogP contribution in [0.25, 0.3) is 22.0 Å². The van der Waals surface area contributed by atoms with Gasteiger partial charge in [-0.05, 0) is 73.2 Å². The Bertz CT molecular complexity index is 2080. The fourth-order valence-electron chi connectivity index (χ4n) is 7.00. The molecule has 5 aromatic rings. The zero-order valence-corrected chi connectivity index (χ0v) is 29.5. The average molecular weight is 708 g/mol. The van der Waals surface area contributed by atoms with Gasteiger partial charge in [-0.2, -0.15) is 5.10 Å². The molecule has 0 spiro atoms. The average Bonchev–Trinajstić information content (AvgIpc) is 3.75. The number of benzene rings is 2. The standard InChI is InChI=1S/C38H42ClN9O3/c1-23-28(6-3-8-30(23)44-37-36-26(11-13-42-37)18-25(20-43-36)21-47-17-12-27(50)22-47)29-7-4-9-32(35(29)39)45-38(51)33-19-34-31(10-5-16-48(34)46-33)41-15-14-40-24(2)49/h3-4,6-9,11,13,18-20,27,31,41,50H,5,10,12,14-17,21-22H2,1-2H3,(H,40,49)(H,42,44)(H,45,51)/t27-,31?/m1/s1. The molecule has 2 aliphatic rings. The van der Waals surface area contributed by atoms with E-state index in [0.29, 0.717) is 41.9 Å². The van der Waals surface area contributed by atoms with Crippen LogP contribution in [-0.2, 0) is 17.9 Å². The van der Waals surface area contributed by atoms with E-state index in [1.165, 1.54) is 6.92 Å². The molecule has 2 aromatic carbocycles. The molecule has 2 aliphatic heterocycles. The normalized spacial score (nSPS) is 17.3. The highest BCUT2D eigenvalue weighted by Gasteiger charge is 2.25. The van der Waals surface area contributed by atoms with Gasteiger partial charge in [0.1, 0.15) is 5.52 Å². The van der Waals surface area contributed by atoms with Crippen molar-refractivity contribution in [1.29, 1.82) is 0 Å². The molecule has 13 heteroatoms. The van der Waals surface area contributed by atoms with Crippen LogP contribution in [-0.4, -0.2) is 73.9 Å². The first-order valence-corrected chi connectivity index (χ1v) is 17.8. The summed E-state index contributed by atoms with van der Waals surface area (Å²) in [6.45, 7) is 7.73. The Balaban J connectivity index is 1.07. The second kappa shape index (κ2) is 15.2. The number of likely N-dealkylation sites (tertiary alicyclic amines) is 1. The number of amides is 2. The van der Waals surface area contributed by atoms with E-state index in [2.05, 4.69) is 42.3 Å². The van der Waals surface area contributed by atoms with Crippen molar-refractivity contribution in [2.75, 3.05) is 36.8 Å². The van der Waals surface area contributed by atoms with Crippen molar-refractivity contribution in [1.82, 2.24) is 35.3 Å². The highest BCUT2D eigenvalue weighted by Crippen LogP contribution is 2.38. The van der Waals surface area contributed by atoms with Crippen molar-refractivity contribution in [3.63, 3.8) is 0 Å². The number of hydrogen-bond acceptors (Lipinski definition) is 9. The first-order valence-electron chi connectivity index (χ1n) is 17.4. The quantitative estimate of drug-likeness (QED) is 0.111. The number of rotatable bonds is 11. The number of β-amino-alcohol motifs (C(OH)–C–C–N with tert-alkyl or cyclic N) is 1. The molecule has 1 fully saturated rings. The van der Waals surface area contributed by atoms with E-state index >= 15 is 0 Å². The smallest absolute Gasteiger partial charge is 0.276 e. The van der Waals surface area contributed by atoms with Gasteiger partial charge >= 0.3 is 0 Å². The van der Waals surface area contributed by atoms with Gasteiger partial charge in [0.05, 0.1) is 22.5 Å². The van der Waals surface area contributed by atoms with E-state index < -0.39 is 0 Å². The van der Waals surface area contributed by atoms with E-state index in [-0.39, 0.29) is 24.0 Å². The number of anilines is 3. The number of pyridine rings is 2. The van der Waals surface area contributed by atoms with Gasteiger partial charge in [-0.25, -0.2) is 4.98 Å². The molecule has 2 amide bonds. The summed E-state index contributed by atoms with van der Waals surface area (Å²) >= 11 is 7.00. The lowest BCUT2D eigenvalue weighted by atomic mass is 9.98. The number of fused-ring (bicyclic) bond motifs is 2. The van der Waals surface area contributed by atoms with Crippen molar-refractivity contribution in [3.05, 3.63) is 94.5 Å². The summed E-state index contributed by atoms with van der Waals surface area (Å²) in [6.07, 6.45) is 6.07. The zero-order chi connectivity index (χ0) is 35.5. The molecule has 264 valence electrons. The number of aryl methyl sites for hydroxylation is 1. The lowest BCUT2D eigenvalue weighted by molar-refractivity contribution is -0.118. The number of aliphatic hydroxyl groups is 1. The van der Waals surface area contributed by atoms with Crippen molar-refractivity contribution >= 4 is 51.5 Å². The van der Waals surface area contributed by atoms with Crippen LogP contribution in [0.5, 0.6) is 0 Å². The molecule has 7 rings (SSSR count). The molecule has 2 atom stereocenters. The Hall–Kier alpha value is -4.88. The maximum Gasteiger partial charge on any atom is 0.276 e. The Labute approximate surface area is 301 Å². The topological polar surface area (TPSA) is 149 Å². The van der Waals surface area contributed by atoms with Gasteiger partial charge in [-0.1, -0.05) is 35.9 Å². The molecule has 0 aliphatic carbocycles. The molecule has 0 radical (unpaired) electrons. The van der Waals surface area contributed by atoms with Crippen molar-refractivity contribution in [2.45, 2.75) is 58.3 Å². The molecular weight excluding hydrogens is 666 g/mol. The van der Waals surface area contributed by atoms with Crippen molar-refractivity contribution in [2.24, 2.45) is 0 Å². The Kier molecular flexibility index (Phi) is 10.3. The Morgan fingerprint density at radius 1 is 1.00 bits per heavy atom. The van der Waals surface area contributed by atoms with E-state index in [1.54, 1.807) is 12.3 Å². The van der Waals surface area contributed by atoms with E-state index in [9.17, 15) is 14.7 Å². The minimum absolute atomic E-state index is 0.0466. The summed E-state index contributed by atoms with van der Waals surface area (Å²) in [5.74, 6) is 0.250. The third-order valence-electron chi connectivity index (χ3n) is 9.59. The fraction of sp³-hybridized carbons (Fsp3) is 0.342. The predicted molar refractivity (Wildman–Crippen MR) is 199 cm³/mol. The predicted octanol–water partition coefficient (Wildman–Crippen LogP) is 5.58. The molecule has 12 nitrogen and oxygen atoms in total. The van der Waals surface area contributed by atoms with Crippen molar-refractivity contribution < 1.29 is 14.7 Å². The lowest BCUT2D eigenvalue weighted by Gasteiger charge is -2.24. The summed E-state index contributed by atoms with van der Waals surface area (Å²) in [6, 6.07) is 17.5. The summed E-state index contributed by atoms with van der Waals surface area (Å²) < 4.78 is 1.88. The summed E-state index contributed by atoms with van der Waals surface area (Å²) in [7, 11) is 0. The van der Waals surface area contributed by atoms with Gasteiger partial charge in [0.25, 0.3) is 5.91 Å². The van der Waals surface area contributed by atoms with Crippen LogP contribution in [0.4, 0.5) is 17.2 Å². The first kappa shape index (κ1) is 34.6. The van der Waals surface area contributed by atoms with Gasteiger partial charge in [0.2, 0.25) is 5.91 Å². The SMILES string of the molecule is CC(=O)NCCNC1CCCn2nc(C(=O)Nc3cccc(-c4cccc(Nc5nccc6cc(CN7CC[C@@H](O)C7)cnc56)c4C)c3Cl)cc21. The molecule has 3 aromatic heterocycles. The molecule has 1 unspecified atom stereocenters. The Morgan fingerprint density at radius 2 is 1.82 bits per heavy atom. The first-order chi connectivity index (χ1) is 24.7. The highest BCUT2D eigenvalue weighted by atomic mass is 35.5. The van der Waals surface area contributed by atoms with Gasteiger partial charge < -0.3 is 26.4 Å². The zero-order valence-electron chi connectivity index (χ0n) is 28.7. The monoisotopic (exact) mass is 707 g/mol. The molecule has 0 bridgehead atoms. The highest BCUT2D eigenvalue weighted by molar-refractivity contribution is 6.36. The van der Waals surface area contributed by atoms with Crippen LogP contribution in [0.15, 0.2) is 67.0 Å². The van der Waals surface area contributed by atoms with Crippen molar-refractivity contribution in [3.8, 4) is 11.1 Å². The summed E-state index contributed by atoms with van der Waals surface area (Å²) in [4.78, 5) is 36.3. The van der Waals surface area contributed by atoms with Gasteiger partial charge in [0, 0.05) is 81.3 Å². The van der Waals surface area contributed by atoms with E-state index in [0.717, 1.165) is 83.4 Å². The van der Waals surface area contributed by atoms with E-state index in [1.807, 2.05) is 60.3 Å². The molecule has 1 saturated heterocycles. The van der Waals surface area contributed by atoms with Crippen LogP contribution in [0.2, 0.25) is 5.02 Å². The number of halogens is 1. The van der Waals surface area contributed by atoms with Gasteiger partial charge in [-0.3, -0.25) is 24.2 Å². The largest absolute Gasteiger partial charge is 0.392 e. The van der Waals surface area contributed by atoms with Crippen LogP contribution in [0.3, 0.4) is 0 Å². The lowest BCUT2D eigenvalue weighted by Crippen LogP contribution is -2.34. The third kappa shape index (κ3) is 7.74. The van der Waals surface area contributed by atoms with Gasteiger partial charge in [-0.15, -0.1) is 0 Å². The number of hydrogen-bond donors (Lipinski definition) is 5. The molecular formula is C38H42ClN9O3. The minimum atomic E-state index is -0.337. The molecule has 5 heterocycles. The van der Waals surface area contributed by atoms with Gasteiger partial charge in [0.15, 0.2) is 11.5 Å². The number of aliphatic hydroxyl groups excluding tert-OH is 1. The number of nitrogens with zero attached hydrogens (tertiary/aromatic N) is 5. The summed E-state index contributed by atoms with van der Waals surface area (Å²) in [5, 5.41) is 28.7. The fourth-order valence-corrected chi connectivity index (χ4v) is 7.27. The maximum atomic E-state index is 13.5. The number of nitrogens with one attached hydrogen (secondary N) is 4. The molecule has 0 saturated carbocycles. The second-order valence-electron chi connectivity index (χ2n) is 13.3. The van der Waals surface area contributed by atoms with Crippen LogP contribution in [0, 0.1) is 6.92 Å². The van der Waals surface area contributed by atoms with Crippen LogP contribution >= 0.6 is 11.6 Å². The van der Waals surface area contributed by atoms with Crippen LogP contribution < -0.4 is 21.3 Å². The molecule has 5 N–H and O–H groups in total. The minimum Gasteiger partial charge on any atom is -0.392 e. The molecule has 51 heavy (non-hydrogen) atoms. The third-order valence-corrected chi connectivity index (χ3v) is 9.99.